The van der Waals surface area contributed by atoms with Crippen LogP contribution >= 0.6 is 0 Å². The van der Waals surface area contributed by atoms with Crippen LogP contribution in [0.3, 0.4) is 0 Å². The van der Waals surface area contributed by atoms with Gasteiger partial charge in [-0.1, -0.05) is 12.1 Å². The Morgan fingerprint density at radius 2 is 1.80 bits per heavy atom. The van der Waals surface area contributed by atoms with Crippen molar-refractivity contribution in [2.45, 2.75) is 75.4 Å². The van der Waals surface area contributed by atoms with Crippen LogP contribution in [0, 0.1) is 5.92 Å². The molecule has 6 nitrogen and oxygen atoms in total. The van der Waals surface area contributed by atoms with Gasteiger partial charge in [-0.3, -0.25) is 4.79 Å². The number of benzene rings is 2. The average Bonchev–Trinajstić information content (AvgIpc) is 3.43. The van der Waals surface area contributed by atoms with E-state index in [9.17, 15) is 31.1 Å². The molecule has 3 aromatic rings. The first-order chi connectivity index (χ1) is 19.2. The van der Waals surface area contributed by atoms with Gasteiger partial charge >= 0.3 is 12.4 Å². The van der Waals surface area contributed by atoms with Gasteiger partial charge in [0.05, 0.1) is 23.4 Å². The molecule has 12 heteroatoms. The van der Waals surface area contributed by atoms with Gasteiger partial charge in [0, 0.05) is 30.4 Å². The Balaban J connectivity index is 1.34. The lowest BCUT2D eigenvalue weighted by Gasteiger charge is -2.47. The summed E-state index contributed by atoms with van der Waals surface area (Å²) in [6.45, 7) is 1.94. The van der Waals surface area contributed by atoms with E-state index in [0.717, 1.165) is 25.3 Å². The zero-order chi connectivity index (χ0) is 29.4. The third kappa shape index (κ3) is 4.69. The second-order valence-electron chi connectivity index (χ2n) is 11.9. The molecule has 0 unspecified atom stereocenters. The summed E-state index contributed by atoms with van der Waals surface area (Å²) in [4.78, 5) is 14.8. The summed E-state index contributed by atoms with van der Waals surface area (Å²) < 4.78 is 84.7. The first-order valence-corrected chi connectivity index (χ1v) is 13.5. The zero-order valence-corrected chi connectivity index (χ0v) is 22.5. The number of aromatic nitrogens is 3. The highest BCUT2D eigenvalue weighted by atomic mass is 19.4. The highest BCUT2D eigenvalue weighted by Gasteiger charge is 2.59. The summed E-state index contributed by atoms with van der Waals surface area (Å²) in [5.41, 5.74) is -0.980. The lowest BCUT2D eigenvalue weighted by atomic mass is 9.57. The fourth-order valence-corrected chi connectivity index (χ4v) is 6.48. The Kier molecular flexibility index (Phi) is 6.29. The van der Waals surface area contributed by atoms with Gasteiger partial charge in [-0.05, 0) is 80.0 Å². The van der Waals surface area contributed by atoms with Gasteiger partial charge in [0.15, 0.2) is 0 Å². The smallest absolute Gasteiger partial charge is 0.320 e. The summed E-state index contributed by atoms with van der Waals surface area (Å²) in [6.07, 6.45) is -5.17. The van der Waals surface area contributed by atoms with E-state index >= 15 is 0 Å². The van der Waals surface area contributed by atoms with E-state index in [1.807, 2.05) is 6.92 Å². The molecule has 2 heterocycles. The summed E-state index contributed by atoms with van der Waals surface area (Å²) in [6, 6.07) is 9.09. The maximum atomic E-state index is 14.2. The summed E-state index contributed by atoms with van der Waals surface area (Å²) in [7, 11) is 1.65. The maximum absolute atomic E-state index is 14.2. The number of carbonyl (C=O) groups excluding carboxylic acids is 1. The van der Waals surface area contributed by atoms with Crippen molar-refractivity contribution in [1.82, 2.24) is 20.1 Å². The highest BCUT2D eigenvalue weighted by molar-refractivity contribution is 6.10. The van der Waals surface area contributed by atoms with Crippen molar-refractivity contribution in [3.05, 3.63) is 76.4 Å². The summed E-state index contributed by atoms with van der Waals surface area (Å²) in [5, 5.41) is 11.3. The minimum atomic E-state index is -4.66. The first kappa shape index (κ1) is 27.7. The van der Waals surface area contributed by atoms with E-state index in [1.165, 1.54) is 17.3 Å². The van der Waals surface area contributed by atoms with Crippen molar-refractivity contribution in [2.75, 3.05) is 4.90 Å². The average molecular weight is 578 g/mol. The van der Waals surface area contributed by atoms with Crippen molar-refractivity contribution in [1.29, 1.82) is 0 Å². The Labute approximate surface area is 232 Å². The molecule has 2 fully saturated rings. The molecule has 218 valence electrons. The SMILES string of the molecule is Cn1cnnc1C1(c2cccc(N3Cc4c(cc(CNC5(C)CCC5)cc4C(F)(F)F)C3=O)c2)CC(C(F)(F)F)C1. The molecule has 0 spiro atoms. The second-order valence-corrected chi connectivity index (χ2v) is 11.9. The summed E-state index contributed by atoms with van der Waals surface area (Å²) >= 11 is 0. The van der Waals surface area contributed by atoms with E-state index < -0.39 is 35.2 Å². The predicted molar refractivity (Wildman–Crippen MR) is 138 cm³/mol. The predicted octanol–water partition coefficient (Wildman–Crippen LogP) is 6.28. The minimum Gasteiger partial charge on any atom is -0.320 e. The summed E-state index contributed by atoms with van der Waals surface area (Å²) in [5.74, 6) is -1.74. The number of rotatable bonds is 6. The van der Waals surface area contributed by atoms with Crippen LogP contribution in [0.5, 0.6) is 0 Å². The standard InChI is InChI=1S/C29H29F6N5O/c1-26(7-4-8-26)36-14-17-9-21-22(23(10-17)29(33,34)35)15-40(24(21)41)20-6-3-5-18(11-20)27(25-38-37-16-39(25)2)12-19(13-27)28(30,31)32/h3,5-6,9-11,16,19,36H,4,7-8,12-15H2,1-2H3. The van der Waals surface area contributed by atoms with Crippen molar-refractivity contribution < 1.29 is 31.1 Å². The molecule has 0 atom stereocenters. The van der Waals surface area contributed by atoms with Crippen molar-refractivity contribution in [3.63, 3.8) is 0 Å². The Hall–Kier alpha value is -3.41. The normalized spacial score (nSPS) is 23.8. The van der Waals surface area contributed by atoms with Gasteiger partial charge in [-0.2, -0.15) is 26.3 Å². The molecule has 2 saturated carbocycles. The Morgan fingerprint density at radius 3 is 2.39 bits per heavy atom. The molecule has 3 aliphatic rings. The second kappa shape index (κ2) is 9.30. The van der Waals surface area contributed by atoms with Crippen LogP contribution in [0.1, 0.15) is 77.5 Å². The van der Waals surface area contributed by atoms with Crippen LogP contribution in [0.15, 0.2) is 42.7 Å². The largest absolute Gasteiger partial charge is 0.416 e. The molecule has 2 aliphatic carbocycles. The highest BCUT2D eigenvalue weighted by Crippen LogP contribution is 2.57. The molecule has 1 aromatic heterocycles. The fourth-order valence-electron chi connectivity index (χ4n) is 6.48. The van der Waals surface area contributed by atoms with Gasteiger partial charge in [-0.15, -0.1) is 10.2 Å². The van der Waals surface area contributed by atoms with Crippen LogP contribution in [0.25, 0.3) is 0 Å². The molecule has 1 amide bonds. The van der Waals surface area contributed by atoms with Crippen LogP contribution in [0.2, 0.25) is 0 Å². The fraction of sp³-hybridized carbons (Fsp3) is 0.483. The maximum Gasteiger partial charge on any atom is 0.416 e. The number of hydrogen-bond acceptors (Lipinski definition) is 4. The van der Waals surface area contributed by atoms with Crippen molar-refractivity contribution in [2.24, 2.45) is 13.0 Å². The minimum absolute atomic E-state index is 0.00964. The Bertz CT molecular complexity index is 1500. The quantitative estimate of drug-likeness (QED) is 0.350. The van der Waals surface area contributed by atoms with Crippen LogP contribution < -0.4 is 10.2 Å². The van der Waals surface area contributed by atoms with E-state index in [-0.39, 0.29) is 42.6 Å². The lowest BCUT2D eigenvalue weighted by molar-refractivity contribution is -0.206. The number of nitrogens with one attached hydrogen (secondary N) is 1. The third-order valence-electron chi connectivity index (χ3n) is 9.09. The molecule has 0 radical (unpaired) electrons. The molecule has 0 saturated heterocycles. The topological polar surface area (TPSA) is 63.1 Å². The van der Waals surface area contributed by atoms with Crippen LogP contribution in [-0.4, -0.2) is 32.4 Å². The van der Waals surface area contributed by atoms with Crippen molar-refractivity contribution >= 4 is 11.6 Å². The number of carbonyl (C=O) groups is 1. The van der Waals surface area contributed by atoms with E-state index in [0.29, 0.717) is 22.6 Å². The molecule has 6 rings (SSSR count). The Morgan fingerprint density at radius 1 is 1.07 bits per heavy atom. The number of fused-ring (bicyclic) bond motifs is 1. The molecule has 0 bridgehead atoms. The van der Waals surface area contributed by atoms with Gasteiger partial charge < -0.3 is 14.8 Å². The van der Waals surface area contributed by atoms with Crippen LogP contribution in [0.4, 0.5) is 32.0 Å². The van der Waals surface area contributed by atoms with E-state index in [1.54, 1.807) is 35.9 Å². The van der Waals surface area contributed by atoms with Crippen LogP contribution in [-0.2, 0) is 31.7 Å². The van der Waals surface area contributed by atoms with Gasteiger partial charge in [0.1, 0.15) is 12.2 Å². The van der Waals surface area contributed by atoms with Gasteiger partial charge in [-0.25, -0.2) is 0 Å². The van der Waals surface area contributed by atoms with Gasteiger partial charge in [0.2, 0.25) is 0 Å². The monoisotopic (exact) mass is 577 g/mol. The van der Waals surface area contributed by atoms with Gasteiger partial charge in [0.25, 0.3) is 5.91 Å². The molecular formula is C29H29F6N5O. The lowest BCUT2D eigenvalue weighted by Crippen LogP contribution is -2.49. The molecule has 41 heavy (non-hydrogen) atoms. The number of nitrogens with zero attached hydrogens (tertiary/aromatic N) is 4. The van der Waals surface area contributed by atoms with E-state index in [4.69, 9.17) is 0 Å². The number of amides is 1. The molecule has 2 aromatic carbocycles. The number of aryl methyl sites for hydroxylation is 1. The number of halogens is 6. The molecular weight excluding hydrogens is 548 g/mol. The number of anilines is 1. The zero-order valence-electron chi connectivity index (χ0n) is 22.5. The third-order valence-corrected chi connectivity index (χ3v) is 9.09. The molecule has 1 aliphatic heterocycles. The first-order valence-electron chi connectivity index (χ1n) is 13.5. The number of hydrogen-bond donors (Lipinski definition) is 1. The van der Waals surface area contributed by atoms with E-state index in [2.05, 4.69) is 15.5 Å². The molecule has 1 N–H and O–H groups in total. The van der Waals surface area contributed by atoms with Crippen molar-refractivity contribution in [3.8, 4) is 0 Å². The number of alkyl halides is 6.